The summed E-state index contributed by atoms with van der Waals surface area (Å²) in [5.74, 6) is 1.60. The zero-order valence-corrected chi connectivity index (χ0v) is 25.3. The molecule has 1 aromatic carbocycles. The Kier molecular flexibility index (Phi) is 11.8. The summed E-state index contributed by atoms with van der Waals surface area (Å²) in [5, 5.41) is 6.86. The maximum atomic E-state index is 12.8. The van der Waals surface area contributed by atoms with Crippen molar-refractivity contribution in [1.82, 2.24) is 20.2 Å². The van der Waals surface area contributed by atoms with Crippen LogP contribution in [0.2, 0.25) is 0 Å². The van der Waals surface area contributed by atoms with Crippen molar-refractivity contribution < 1.29 is 9.53 Å². The Morgan fingerprint density at radius 1 is 0.952 bits per heavy atom. The summed E-state index contributed by atoms with van der Waals surface area (Å²) in [7, 11) is 0. The van der Waals surface area contributed by atoms with Gasteiger partial charge in [-0.15, -0.1) is 0 Å². The minimum Gasteiger partial charge on any atom is -0.375 e. The van der Waals surface area contributed by atoms with E-state index in [0.29, 0.717) is 25.2 Å². The Balaban J connectivity index is 1.18. The predicted molar refractivity (Wildman–Crippen MR) is 168 cm³/mol. The van der Waals surface area contributed by atoms with E-state index in [4.69, 9.17) is 15.5 Å². The number of amides is 1. The number of carbonyl (C=O) groups excluding carboxylic acids is 1. The van der Waals surface area contributed by atoms with E-state index in [1.165, 1.54) is 57.8 Å². The van der Waals surface area contributed by atoms with E-state index in [1.54, 1.807) is 0 Å². The summed E-state index contributed by atoms with van der Waals surface area (Å²) in [6, 6.07) is 12.5. The fraction of sp³-hybridized carbons (Fsp3) is 0.667. The van der Waals surface area contributed by atoms with Crippen molar-refractivity contribution in [2.24, 2.45) is 5.73 Å². The largest absolute Gasteiger partial charge is 0.375 e. The van der Waals surface area contributed by atoms with E-state index in [1.807, 2.05) is 42.6 Å². The second kappa shape index (κ2) is 16.2. The molecule has 230 valence electrons. The Labute approximate surface area is 252 Å². The van der Waals surface area contributed by atoms with Gasteiger partial charge in [-0.1, -0.05) is 62.4 Å². The summed E-state index contributed by atoms with van der Waals surface area (Å²) in [6.07, 6.45) is 16.5. The van der Waals surface area contributed by atoms with Gasteiger partial charge in [0.05, 0.1) is 13.2 Å². The number of hydrogen-bond acceptors (Lipinski definition) is 8. The van der Waals surface area contributed by atoms with Gasteiger partial charge >= 0.3 is 0 Å². The van der Waals surface area contributed by atoms with Crippen molar-refractivity contribution in [2.75, 3.05) is 43.0 Å². The normalized spacial score (nSPS) is 23.2. The van der Waals surface area contributed by atoms with Crippen molar-refractivity contribution in [3.8, 4) is 0 Å². The molecule has 4 N–H and O–H groups in total. The maximum Gasteiger partial charge on any atom is 0.239 e. The van der Waals surface area contributed by atoms with E-state index >= 15 is 0 Å². The highest BCUT2D eigenvalue weighted by Gasteiger charge is 2.36. The average Bonchev–Trinajstić information content (AvgIpc) is 3.33. The van der Waals surface area contributed by atoms with E-state index < -0.39 is 6.04 Å². The molecule has 2 saturated heterocycles. The lowest BCUT2D eigenvalue weighted by Crippen LogP contribution is -2.56. The Morgan fingerprint density at radius 3 is 2.50 bits per heavy atom. The Morgan fingerprint density at radius 2 is 1.71 bits per heavy atom. The number of rotatable bonds is 12. The first-order chi connectivity index (χ1) is 20.7. The highest BCUT2D eigenvalue weighted by Crippen LogP contribution is 2.31. The molecule has 2 unspecified atom stereocenters. The summed E-state index contributed by atoms with van der Waals surface area (Å²) in [4.78, 5) is 27.6. The number of benzene rings is 1. The van der Waals surface area contributed by atoms with Crippen molar-refractivity contribution in [1.29, 1.82) is 0 Å². The van der Waals surface area contributed by atoms with Crippen molar-refractivity contribution in [3.05, 3.63) is 48.2 Å². The summed E-state index contributed by atoms with van der Waals surface area (Å²) in [6.45, 7) is 4.49. The lowest BCUT2D eigenvalue weighted by molar-refractivity contribution is -0.123. The van der Waals surface area contributed by atoms with Crippen LogP contribution in [0.25, 0.3) is 0 Å². The van der Waals surface area contributed by atoms with Crippen LogP contribution in [0.15, 0.2) is 42.6 Å². The second-order valence-corrected chi connectivity index (χ2v) is 12.3. The fourth-order valence-corrected chi connectivity index (χ4v) is 6.97. The maximum absolute atomic E-state index is 12.8. The quantitative estimate of drug-likeness (QED) is 0.339. The number of hydrogen-bond donors (Lipinski definition) is 3. The number of anilines is 2. The minimum atomic E-state index is -0.682. The summed E-state index contributed by atoms with van der Waals surface area (Å²) < 4.78 is 5.72. The molecule has 2 aliphatic heterocycles. The third kappa shape index (κ3) is 8.88. The molecule has 5 rings (SSSR count). The molecule has 2 aromatic rings. The number of nitrogens with one attached hydrogen (secondary N) is 2. The van der Waals surface area contributed by atoms with Gasteiger partial charge in [0.25, 0.3) is 0 Å². The van der Waals surface area contributed by atoms with Crippen molar-refractivity contribution >= 4 is 17.7 Å². The first-order valence-electron chi connectivity index (χ1n) is 16.4. The molecule has 1 aliphatic carbocycles. The summed E-state index contributed by atoms with van der Waals surface area (Å²) in [5.41, 5.74) is 7.25. The standard InChI is InChI=1S/C33H51N7O2/c34-28(25-42-24-26-12-5-3-6-13-26)32(41)35-19-17-30-29(16-11-23-40(30)27-14-7-4-8-15-27)37-33-36-20-18-31(38-33)39-21-9-1-2-10-22-39/h3,5-6,12-13,18,20,27-30H,1-2,4,7-11,14-17,19,21-25,34H2,(H,35,41)(H,36,37,38)/t28-,29?,30?/m1/s1. The van der Waals surface area contributed by atoms with Crippen LogP contribution in [-0.4, -0.2) is 77.7 Å². The van der Waals surface area contributed by atoms with Gasteiger partial charge in [-0.2, -0.15) is 4.98 Å². The molecule has 0 radical (unpaired) electrons. The van der Waals surface area contributed by atoms with Gasteiger partial charge in [0, 0.05) is 44.0 Å². The van der Waals surface area contributed by atoms with Crippen molar-refractivity contribution in [3.63, 3.8) is 0 Å². The van der Waals surface area contributed by atoms with Crippen LogP contribution in [0.5, 0.6) is 0 Å². The van der Waals surface area contributed by atoms with Gasteiger partial charge in [-0.3, -0.25) is 9.69 Å². The number of carbonyl (C=O) groups is 1. The number of piperidine rings is 1. The van der Waals surface area contributed by atoms with E-state index in [9.17, 15) is 4.79 Å². The smallest absolute Gasteiger partial charge is 0.239 e. The van der Waals surface area contributed by atoms with Gasteiger partial charge in [0.2, 0.25) is 11.9 Å². The molecule has 3 fully saturated rings. The molecule has 9 heteroatoms. The van der Waals surface area contributed by atoms with Gasteiger partial charge in [0.1, 0.15) is 11.9 Å². The van der Waals surface area contributed by atoms with Gasteiger partial charge in [-0.05, 0) is 63.1 Å². The first-order valence-corrected chi connectivity index (χ1v) is 16.4. The zero-order chi connectivity index (χ0) is 29.0. The highest BCUT2D eigenvalue weighted by molar-refractivity contribution is 5.81. The van der Waals surface area contributed by atoms with E-state index in [0.717, 1.165) is 56.2 Å². The monoisotopic (exact) mass is 577 g/mol. The van der Waals surface area contributed by atoms with Crippen LogP contribution in [0.4, 0.5) is 11.8 Å². The van der Waals surface area contributed by atoms with Gasteiger partial charge < -0.3 is 26.0 Å². The van der Waals surface area contributed by atoms with Crippen LogP contribution in [0.3, 0.4) is 0 Å². The molecule has 1 saturated carbocycles. The molecular weight excluding hydrogens is 526 g/mol. The third-order valence-corrected chi connectivity index (χ3v) is 9.24. The average molecular weight is 578 g/mol. The molecule has 3 aliphatic rings. The van der Waals surface area contributed by atoms with Gasteiger partial charge in [0.15, 0.2) is 0 Å². The number of ether oxygens (including phenoxy) is 1. The Bertz CT molecular complexity index is 1070. The third-order valence-electron chi connectivity index (χ3n) is 9.24. The van der Waals surface area contributed by atoms with Crippen LogP contribution < -0.4 is 21.3 Å². The van der Waals surface area contributed by atoms with Crippen LogP contribution in [0.1, 0.15) is 82.6 Å². The SMILES string of the molecule is N[C@H](COCc1ccccc1)C(=O)NCCC1C(Nc2nccc(N3CCCCCC3)n2)CCCN1C1CCCCC1. The Hall–Kier alpha value is -2.75. The lowest BCUT2D eigenvalue weighted by atomic mass is 9.87. The molecule has 0 spiro atoms. The summed E-state index contributed by atoms with van der Waals surface area (Å²) >= 11 is 0. The molecule has 9 nitrogen and oxygen atoms in total. The molecule has 0 bridgehead atoms. The van der Waals surface area contributed by atoms with Gasteiger partial charge in [-0.25, -0.2) is 4.98 Å². The number of nitrogens with zero attached hydrogens (tertiary/aromatic N) is 4. The van der Waals surface area contributed by atoms with Crippen LogP contribution in [0, 0.1) is 0 Å². The molecule has 42 heavy (non-hydrogen) atoms. The zero-order valence-electron chi connectivity index (χ0n) is 25.3. The molecular formula is C33H51N7O2. The number of nitrogens with two attached hydrogens (primary N) is 1. The first kappa shape index (κ1) is 30.7. The minimum absolute atomic E-state index is 0.152. The van der Waals surface area contributed by atoms with E-state index in [2.05, 4.69) is 25.4 Å². The molecule has 3 heterocycles. The van der Waals surface area contributed by atoms with Crippen molar-refractivity contribution in [2.45, 2.75) is 108 Å². The predicted octanol–water partition coefficient (Wildman–Crippen LogP) is 4.49. The number of aromatic nitrogens is 2. The molecule has 1 amide bonds. The molecule has 3 atom stereocenters. The van der Waals surface area contributed by atoms with E-state index in [-0.39, 0.29) is 18.6 Å². The highest BCUT2D eigenvalue weighted by atomic mass is 16.5. The molecule has 1 aromatic heterocycles. The lowest BCUT2D eigenvalue weighted by Gasteiger charge is -2.47. The van der Waals surface area contributed by atoms with Crippen LogP contribution in [-0.2, 0) is 16.1 Å². The van der Waals surface area contributed by atoms with Crippen LogP contribution >= 0.6 is 0 Å². The topological polar surface area (TPSA) is 109 Å². The fourth-order valence-electron chi connectivity index (χ4n) is 6.97. The second-order valence-electron chi connectivity index (χ2n) is 12.3. The number of likely N-dealkylation sites (tertiary alicyclic amines) is 1.